The molecule has 0 bridgehead atoms. The summed E-state index contributed by atoms with van der Waals surface area (Å²) in [5, 5.41) is 5.02. The van der Waals surface area contributed by atoms with Crippen molar-refractivity contribution in [2.24, 2.45) is 5.41 Å². The van der Waals surface area contributed by atoms with Crippen LogP contribution in [0.2, 0.25) is 0 Å². The van der Waals surface area contributed by atoms with E-state index in [2.05, 4.69) is 21.4 Å². The number of allylic oxidation sites excluding steroid dienone is 1. The highest BCUT2D eigenvalue weighted by Crippen LogP contribution is 2.53. The Balaban J connectivity index is 1.43. The third-order valence-corrected chi connectivity index (χ3v) is 9.63. The minimum absolute atomic E-state index is 0.293. The molecule has 5 aromatic rings. The van der Waals surface area contributed by atoms with Gasteiger partial charge >= 0.3 is 5.97 Å². The molecule has 2 aromatic heterocycles. The topological polar surface area (TPSA) is 129 Å². The number of imidazole rings is 1. The number of ether oxygens (including phenoxy) is 3. The highest BCUT2D eigenvalue weighted by atomic mass is 32.1. The summed E-state index contributed by atoms with van der Waals surface area (Å²) >= 11 is 1.55. The van der Waals surface area contributed by atoms with E-state index in [-0.39, 0.29) is 5.91 Å². The number of carbonyl (C=O) groups excluding carboxylic acids is 2. The highest BCUT2D eigenvalue weighted by molar-refractivity contribution is 7.13. The Morgan fingerprint density at radius 3 is 2.67 bits per heavy atom. The number of amides is 1. The van der Waals surface area contributed by atoms with Crippen molar-refractivity contribution in [3.63, 3.8) is 0 Å². The van der Waals surface area contributed by atoms with Crippen molar-refractivity contribution in [3.8, 4) is 21.9 Å². The summed E-state index contributed by atoms with van der Waals surface area (Å²) in [6.45, 7) is 4.24. The predicted octanol–water partition coefficient (Wildman–Crippen LogP) is 7.26. The Morgan fingerprint density at radius 2 is 1.91 bits per heavy atom. The second-order valence-electron chi connectivity index (χ2n) is 11.7. The van der Waals surface area contributed by atoms with Gasteiger partial charge in [-0.3, -0.25) is 9.59 Å². The minimum Gasteiger partial charge on any atom is -0.496 e. The second kappa shape index (κ2) is 11.2. The molecule has 3 aromatic carbocycles. The zero-order chi connectivity index (χ0) is 32.2. The van der Waals surface area contributed by atoms with Gasteiger partial charge in [0.25, 0.3) is 5.91 Å². The summed E-state index contributed by atoms with van der Waals surface area (Å²) in [6.07, 6.45) is 2.35. The maximum Gasteiger partial charge on any atom is 0.316 e. The van der Waals surface area contributed by atoms with Crippen molar-refractivity contribution < 1.29 is 23.8 Å². The van der Waals surface area contributed by atoms with Crippen LogP contribution in [0.1, 0.15) is 40.4 Å². The number of fused-ring (bicyclic) bond motifs is 3. The number of nitrogens with zero attached hydrogens (tertiary/aromatic N) is 1. The van der Waals surface area contributed by atoms with Crippen LogP contribution in [0.15, 0.2) is 77.7 Å². The Kier molecular flexibility index (Phi) is 7.16. The van der Waals surface area contributed by atoms with E-state index in [1.807, 2.05) is 61.7 Å². The summed E-state index contributed by atoms with van der Waals surface area (Å²) < 4.78 is 17.5. The number of rotatable bonds is 6. The number of nitrogens with two attached hydrogens (primary N) is 1. The van der Waals surface area contributed by atoms with E-state index in [9.17, 15) is 9.59 Å². The van der Waals surface area contributed by atoms with E-state index < -0.39 is 11.4 Å². The first-order valence-electron chi connectivity index (χ1n) is 14.8. The predicted molar refractivity (Wildman–Crippen MR) is 181 cm³/mol. The monoisotopic (exact) mass is 632 g/mol. The number of aryl methyl sites for hydroxylation is 1. The Morgan fingerprint density at radius 1 is 1.07 bits per heavy atom. The summed E-state index contributed by atoms with van der Waals surface area (Å²) in [5.41, 5.74) is 13.1. The molecule has 0 fully saturated rings. The molecular formula is C36H32N4O5S. The van der Waals surface area contributed by atoms with Gasteiger partial charge in [-0.2, -0.15) is 0 Å². The average Bonchev–Trinajstić information content (AvgIpc) is 3.72. The molecule has 0 saturated carbocycles. The van der Waals surface area contributed by atoms with Crippen LogP contribution in [0.3, 0.4) is 0 Å². The first kappa shape index (κ1) is 29.4. The number of methoxy groups -OCH3 is 2. The van der Waals surface area contributed by atoms with Gasteiger partial charge in [-0.25, -0.2) is 4.98 Å². The number of nitrogens with one attached hydrogen (secondary N) is 2. The number of anilines is 2. The number of hydrogen-bond acceptors (Lipinski definition) is 8. The minimum atomic E-state index is -1.12. The number of nitrogen functional groups attached to an aromatic ring is 1. The van der Waals surface area contributed by atoms with Gasteiger partial charge < -0.3 is 30.2 Å². The molecule has 0 radical (unpaired) electrons. The SMILES string of the molecule is COC(=O)C1(C)CC2=C(C=C1c1cc(OC)c(-c3cccs3)cc1C(=O)Nc1ccc3nc(N)[nH]c3c1)COc1ccc(C)cc12. The van der Waals surface area contributed by atoms with E-state index in [0.29, 0.717) is 58.1 Å². The van der Waals surface area contributed by atoms with Gasteiger partial charge in [-0.1, -0.05) is 23.8 Å². The van der Waals surface area contributed by atoms with E-state index in [4.69, 9.17) is 19.9 Å². The number of esters is 1. The molecule has 9 nitrogen and oxygen atoms in total. The number of carbonyl (C=O) groups is 2. The van der Waals surface area contributed by atoms with E-state index in [0.717, 1.165) is 38.5 Å². The fourth-order valence-corrected chi connectivity index (χ4v) is 7.16. The molecule has 46 heavy (non-hydrogen) atoms. The zero-order valence-electron chi connectivity index (χ0n) is 25.8. The Labute approximate surface area is 269 Å². The molecule has 1 amide bonds. The van der Waals surface area contributed by atoms with Crippen LogP contribution in [0, 0.1) is 12.3 Å². The molecule has 1 atom stereocenters. The molecule has 3 heterocycles. The first-order valence-corrected chi connectivity index (χ1v) is 15.7. The number of thiophene rings is 1. The molecular weight excluding hydrogens is 600 g/mol. The summed E-state index contributed by atoms with van der Waals surface area (Å²) in [4.78, 5) is 36.3. The standard InChI is InChI=1S/C36H32N4O5S/c1-19-7-10-30-23(12-19)26-17-36(2,34(42)44-4)27(13-20(26)18-45-30)22-16-31(43-3)25(32-6-5-11-46-32)15-24(22)33(41)38-21-8-9-28-29(14-21)40-35(37)39-28/h5-16H,17-18H2,1-4H3,(H,38,41)(H3,37,39,40). The average molecular weight is 633 g/mol. The van der Waals surface area contributed by atoms with Crippen molar-refractivity contribution in [2.45, 2.75) is 20.3 Å². The van der Waals surface area contributed by atoms with Crippen LogP contribution < -0.4 is 20.5 Å². The van der Waals surface area contributed by atoms with Gasteiger partial charge in [0.1, 0.15) is 18.1 Å². The van der Waals surface area contributed by atoms with Crippen LogP contribution in [-0.4, -0.2) is 42.7 Å². The molecule has 4 N–H and O–H groups in total. The van der Waals surface area contributed by atoms with Crippen LogP contribution >= 0.6 is 11.3 Å². The summed E-state index contributed by atoms with van der Waals surface area (Å²) in [5.74, 6) is 0.904. The van der Waals surface area contributed by atoms with Crippen molar-refractivity contribution in [1.29, 1.82) is 0 Å². The summed E-state index contributed by atoms with van der Waals surface area (Å²) in [7, 11) is 2.99. The maximum absolute atomic E-state index is 14.3. The number of hydrogen-bond donors (Lipinski definition) is 3. The number of benzene rings is 3. The Hall–Kier alpha value is -5.35. The molecule has 1 aliphatic heterocycles. The van der Waals surface area contributed by atoms with Gasteiger partial charge in [-0.05, 0) is 96.5 Å². The highest BCUT2D eigenvalue weighted by Gasteiger charge is 2.45. The molecule has 2 aliphatic rings. The Bertz CT molecular complexity index is 2110. The second-order valence-corrected chi connectivity index (χ2v) is 12.7. The summed E-state index contributed by atoms with van der Waals surface area (Å²) in [6, 6.07) is 19.0. The molecule has 0 spiro atoms. The van der Waals surface area contributed by atoms with Crippen LogP contribution in [0.5, 0.6) is 11.5 Å². The lowest BCUT2D eigenvalue weighted by Crippen LogP contribution is -2.35. The van der Waals surface area contributed by atoms with E-state index in [1.165, 1.54) is 7.11 Å². The zero-order valence-corrected chi connectivity index (χ0v) is 26.6. The quantitative estimate of drug-likeness (QED) is 0.168. The van der Waals surface area contributed by atoms with Crippen molar-refractivity contribution in [2.75, 3.05) is 31.9 Å². The fourth-order valence-electron chi connectivity index (χ4n) is 6.41. The van der Waals surface area contributed by atoms with Gasteiger partial charge in [-0.15, -0.1) is 11.3 Å². The van der Waals surface area contributed by atoms with Crippen molar-refractivity contribution in [3.05, 3.63) is 99.9 Å². The lowest BCUT2D eigenvalue weighted by atomic mass is 9.67. The largest absolute Gasteiger partial charge is 0.496 e. The van der Waals surface area contributed by atoms with Crippen LogP contribution in [0.4, 0.5) is 11.6 Å². The number of aromatic nitrogens is 2. The number of aromatic amines is 1. The molecule has 232 valence electrons. The fraction of sp³-hybridized carbons (Fsp3) is 0.194. The van der Waals surface area contributed by atoms with Crippen LogP contribution in [-0.2, 0) is 9.53 Å². The van der Waals surface area contributed by atoms with Crippen molar-refractivity contribution in [1.82, 2.24) is 9.97 Å². The molecule has 1 unspecified atom stereocenters. The van der Waals surface area contributed by atoms with Gasteiger partial charge in [0.2, 0.25) is 0 Å². The molecule has 7 rings (SSSR count). The normalized spacial score (nSPS) is 17.1. The lowest BCUT2D eigenvalue weighted by Gasteiger charge is -2.38. The van der Waals surface area contributed by atoms with Gasteiger partial charge in [0.15, 0.2) is 5.95 Å². The number of H-pyrrole nitrogens is 1. The lowest BCUT2D eigenvalue weighted by molar-refractivity contribution is -0.148. The third kappa shape index (κ3) is 4.91. The molecule has 0 saturated heterocycles. The van der Waals surface area contributed by atoms with Gasteiger partial charge in [0.05, 0.1) is 30.7 Å². The third-order valence-electron chi connectivity index (χ3n) is 8.73. The van der Waals surface area contributed by atoms with Crippen molar-refractivity contribution >= 4 is 57.0 Å². The van der Waals surface area contributed by atoms with E-state index in [1.54, 1.807) is 36.6 Å². The smallest absolute Gasteiger partial charge is 0.316 e. The maximum atomic E-state index is 14.3. The molecule has 10 heteroatoms. The van der Waals surface area contributed by atoms with Crippen LogP contribution in [0.25, 0.3) is 32.6 Å². The molecule has 1 aliphatic carbocycles. The first-order chi connectivity index (χ1) is 22.2. The van der Waals surface area contributed by atoms with E-state index >= 15 is 0 Å². The van der Waals surface area contributed by atoms with Gasteiger partial charge in [0, 0.05) is 27.3 Å².